The molecule has 0 fully saturated rings. The quantitative estimate of drug-likeness (QED) is 0.759. The van der Waals surface area contributed by atoms with Crippen LogP contribution in [0.3, 0.4) is 0 Å². The van der Waals surface area contributed by atoms with Gasteiger partial charge in [-0.3, -0.25) is 10.1 Å². The summed E-state index contributed by atoms with van der Waals surface area (Å²) in [5.41, 5.74) is 0.981. The average Bonchev–Trinajstić information content (AvgIpc) is 2.85. The molecule has 4 nitrogen and oxygen atoms in total. The van der Waals surface area contributed by atoms with Gasteiger partial charge in [-0.25, -0.2) is 4.39 Å². The molecule has 0 saturated carbocycles. The molecule has 1 aromatic carbocycles. The van der Waals surface area contributed by atoms with Crippen molar-refractivity contribution in [2.75, 3.05) is 0 Å². The van der Waals surface area contributed by atoms with Crippen molar-refractivity contribution in [2.45, 2.75) is 12.6 Å². The summed E-state index contributed by atoms with van der Waals surface area (Å²) in [4.78, 5) is 14.0. The van der Waals surface area contributed by atoms with E-state index in [1.165, 1.54) is 6.07 Å². The minimum Gasteiger partial charge on any atom is -0.480 e. The maximum atomic E-state index is 13.4. The molecule has 0 radical (unpaired) electrons. The van der Waals surface area contributed by atoms with Crippen LogP contribution in [-0.4, -0.2) is 16.1 Å². The molecule has 0 aliphatic carbocycles. The maximum Gasteiger partial charge on any atom is 0.326 e. The molecule has 2 aromatic rings. The summed E-state index contributed by atoms with van der Waals surface area (Å²) in [6, 6.07) is 8.79. The fraction of sp³-hybridized carbons (Fsp3) is 0.154. The second-order valence-corrected chi connectivity index (χ2v) is 3.87. The number of rotatable bonds is 5. The third-order valence-corrected chi connectivity index (χ3v) is 2.63. The summed E-state index contributed by atoms with van der Waals surface area (Å²) in [5, 5.41) is 11.9. The van der Waals surface area contributed by atoms with Gasteiger partial charge in [0.05, 0.1) is 0 Å². The van der Waals surface area contributed by atoms with Gasteiger partial charge in [0.25, 0.3) is 0 Å². The molecule has 0 bridgehead atoms. The molecule has 2 rings (SSSR count). The van der Waals surface area contributed by atoms with Crippen LogP contribution in [0.4, 0.5) is 4.39 Å². The molecule has 0 aliphatic rings. The zero-order valence-corrected chi connectivity index (χ0v) is 9.56. The largest absolute Gasteiger partial charge is 0.480 e. The number of aromatic nitrogens is 1. The summed E-state index contributed by atoms with van der Waals surface area (Å²) in [5.74, 6) is -1.35. The van der Waals surface area contributed by atoms with Crippen LogP contribution in [0.1, 0.15) is 17.3 Å². The topological polar surface area (TPSA) is 65.1 Å². The molecule has 1 atom stereocenters. The average molecular weight is 248 g/mol. The van der Waals surface area contributed by atoms with Crippen molar-refractivity contribution in [3.05, 3.63) is 59.7 Å². The fourth-order valence-electron chi connectivity index (χ4n) is 1.71. The smallest absolute Gasteiger partial charge is 0.326 e. The molecule has 18 heavy (non-hydrogen) atoms. The van der Waals surface area contributed by atoms with E-state index >= 15 is 0 Å². The first kappa shape index (κ1) is 12.3. The van der Waals surface area contributed by atoms with E-state index in [2.05, 4.69) is 10.3 Å². The third-order valence-electron chi connectivity index (χ3n) is 2.63. The van der Waals surface area contributed by atoms with E-state index in [0.717, 1.165) is 0 Å². The maximum absolute atomic E-state index is 13.4. The number of halogens is 1. The second-order valence-electron chi connectivity index (χ2n) is 3.87. The number of carboxylic acids is 1. The Morgan fingerprint density at radius 2 is 2.11 bits per heavy atom. The SMILES string of the molecule is O=C(O)C(NCc1ccccc1F)c1ccc[nH]1. The predicted molar refractivity (Wildman–Crippen MR) is 64.4 cm³/mol. The second kappa shape index (κ2) is 5.46. The molecule has 1 aromatic heterocycles. The Balaban J connectivity index is 2.08. The Kier molecular flexibility index (Phi) is 3.74. The van der Waals surface area contributed by atoms with Gasteiger partial charge in [-0.2, -0.15) is 0 Å². The van der Waals surface area contributed by atoms with E-state index in [9.17, 15) is 9.18 Å². The summed E-state index contributed by atoms with van der Waals surface area (Å²) < 4.78 is 13.4. The lowest BCUT2D eigenvalue weighted by atomic mass is 10.1. The number of carbonyl (C=O) groups is 1. The van der Waals surface area contributed by atoms with Gasteiger partial charge in [0.1, 0.15) is 11.9 Å². The molecule has 94 valence electrons. The number of H-pyrrole nitrogens is 1. The van der Waals surface area contributed by atoms with Crippen molar-refractivity contribution in [2.24, 2.45) is 0 Å². The number of carboxylic acid groups (broad SMARTS) is 1. The molecule has 5 heteroatoms. The number of aromatic amines is 1. The van der Waals surface area contributed by atoms with Crippen molar-refractivity contribution in [1.29, 1.82) is 0 Å². The third kappa shape index (κ3) is 2.75. The highest BCUT2D eigenvalue weighted by Gasteiger charge is 2.20. The lowest BCUT2D eigenvalue weighted by Crippen LogP contribution is -2.28. The van der Waals surface area contributed by atoms with Gasteiger partial charge in [-0.1, -0.05) is 18.2 Å². The van der Waals surface area contributed by atoms with E-state index in [-0.39, 0.29) is 12.4 Å². The predicted octanol–water partition coefficient (Wildman–Crippen LogP) is 2.07. The van der Waals surface area contributed by atoms with Crippen LogP contribution < -0.4 is 5.32 Å². The van der Waals surface area contributed by atoms with Gasteiger partial charge in [0.15, 0.2) is 0 Å². The van der Waals surface area contributed by atoms with E-state index in [1.54, 1.807) is 36.5 Å². The lowest BCUT2D eigenvalue weighted by molar-refractivity contribution is -0.139. The van der Waals surface area contributed by atoms with Crippen molar-refractivity contribution in [3.63, 3.8) is 0 Å². The van der Waals surface area contributed by atoms with Crippen LogP contribution >= 0.6 is 0 Å². The normalized spacial score (nSPS) is 12.3. The fourth-order valence-corrected chi connectivity index (χ4v) is 1.71. The summed E-state index contributed by atoms with van der Waals surface area (Å²) in [6.45, 7) is 0.155. The van der Waals surface area contributed by atoms with E-state index in [4.69, 9.17) is 5.11 Å². The van der Waals surface area contributed by atoms with Gasteiger partial charge >= 0.3 is 5.97 Å². The van der Waals surface area contributed by atoms with E-state index < -0.39 is 12.0 Å². The minimum atomic E-state index is -1.01. The van der Waals surface area contributed by atoms with Crippen LogP contribution in [0.15, 0.2) is 42.6 Å². The van der Waals surface area contributed by atoms with E-state index in [1.807, 2.05) is 0 Å². The van der Waals surface area contributed by atoms with Crippen LogP contribution in [0.5, 0.6) is 0 Å². The van der Waals surface area contributed by atoms with Crippen LogP contribution in [0.2, 0.25) is 0 Å². The Morgan fingerprint density at radius 1 is 1.33 bits per heavy atom. The standard InChI is InChI=1S/C13H13FN2O2/c14-10-5-2-1-4-9(10)8-16-12(13(17)18)11-6-3-7-15-11/h1-7,12,15-16H,8H2,(H,17,18). The van der Waals surface area contributed by atoms with Gasteiger partial charge in [0, 0.05) is 24.0 Å². The monoisotopic (exact) mass is 248 g/mol. The highest BCUT2D eigenvalue weighted by atomic mass is 19.1. The Bertz CT molecular complexity index is 526. The van der Waals surface area contributed by atoms with Gasteiger partial charge in [-0.15, -0.1) is 0 Å². The number of benzene rings is 1. The molecule has 1 heterocycles. The highest BCUT2D eigenvalue weighted by Crippen LogP contribution is 2.13. The van der Waals surface area contributed by atoms with Gasteiger partial charge in [0.2, 0.25) is 0 Å². The first-order valence-corrected chi connectivity index (χ1v) is 5.51. The Morgan fingerprint density at radius 3 is 2.72 bits per heavy atom. The summed E-state index contributed by atoms with van der Waals surface area (Å²) >= 11 is 0. The number of hydrogen-bond donors (Lipinski definition) is 3. The first-order chi connectivity index (χ1) is 8.68. The number of nitrogens with one attached hydrogen (secondary N) is 2. The van der Waals surface area contributed by atoms with Gasteiger partial charge in [-0.05, 0) is 18.2 Å². The van der Waals surface area contributed by atoms with Crippen molar-refractivity contribution >= 4 is 5.97 Å². The molecule has 0 spiro atoms. The van der Waals surface area contributed by atoms with Crippen LogP contribution in [-0.2, 0) is 11.3 Å². The van der Waals surface area contributed by atoms with Crippen molar-refractivity contribution < 1.29 is 14.3 Å². The summed E-state index contributed by atoms with van der Waals surface area (Å²) in [7, 11) is 0. The number of aliphatic carboxylic acids is 1. The molecular weight excluding hydrogens is 235 g/mol. The van der Waals surface area contributed by atoms with Crippen molar-refractivity contribution in [1.82, 2.24) is 10.3 Å². The number of hydrogen-bond acceptors (Lipinski definition) is 2. The molecule has 1 unspecified atom stereocenters. The molecule has 0 aliphatic heterocycles. The molecule has 3 N–H and O–H groups in total. The zero-order valence-electron chi connectivity index (χ0n) is 9.56. The van der Waals surface area contributed by atoms with Crippen LogP contribution in [0, 0.1) is 5.82 Å². The zero-order chi connectivity index (χ0) is 13.0. The summed E-state index contributed by atoms with van der Waals surface area (Å²) in [6.07, 6.45) is 1.65. The van der Waals surface area contributed by atoms with Crippen molar-refractivity contribution in [3.8, 4) is 0 Å². The highest BCUT2D eigenvalue weighted by molar-refractivity contribution is 5.74. The Labute approximate surface area is 103 Å². The molecule has 0 amide bonds. The van der Waals surface area contributed by atoms with E-state index in [0.29, 0.717) is 11.3 Å². The van der Waals surface area contributed by atoms with Gasteiger partial charge < -0.3 is 10.1 Å². The lowest BCUT2D eigenvalue weighted by Gasteiger charge is -2.13. The minimum absolute atomic E-state index is 0.155. The molecular formula is C13H13FN2O2. The van der Waals surface area contributed by atoms with Crippen LogP contribution in [0.25, 0.3) is 0 Å². The first-order valence-electron chi connectivity index (χ1n) is 5.51. The Hall–Kier alpha value is -2.14. The molecule has 0 saturated heterocycles.